The highest BCUT2D eigenvalue weighted by atomic mass is 32.1. The van der Waals surface area contributed by atoms with Gasteiger partial charge in [-0.2, -0.15) is 24.5 Å². The molecule has 0 saturated carbocycles. The number of halogens is 3. The van der Waals surface area contributed by atoms with E-state index in [1.807, 2.05) is 35.8 Å². The molecular weight excluding hydrogens is 325 g/mol. The Morgan fingerprint density at radius 1 is 1.26 bits per heavy atom. The molecule has 7 heteroatoms. The second kappa shape index (κ2) is 7.14. The number of likely N-dealkylation sites (N-methyl/N-ethyl adjacent to an activating group) is 1. The third-order valence-corrected chi connectivity index (χ3v) is 4.19. The van der Waals surface area contributed by atoms with Crippen molar-refractivity contribution in [2.24, 2.45) is 0 Å². The number of alkyl halides is 3. The van der Waals surface area contributed by atoms with E-state index >= 15 is 0 Å². The van der Waals surface area contributed by atoms with Crippen LogP contribution < -0.4 is 5.32 Å². The van der Waals surface area contributed by atoms with Gasteiger partial charge in [-0.15, -0.1) is 0 Å². The molecule has 3 nitrogen and oxygen atoms in total. The molecule has 1 atom stereocenters. The van der Waals surface area contributed by atoms with Crippen LogP contribution in [0.3, 0.4) is 0 Å². The Hall–Kier alpha value is -1.86. The summed E-state index contributed by atoms with van der Waals surface area (Å²) >= 11 is 1.53. The Bertz CT molecular complexity index is 654. The Morgan fingerprint density at radius 2 is 1.96 bits per heavy atom. The lowest BCUT2D eigenvalue weighted by Gasteiger charge is -2.24. The highest BCUT2D eigenvalue weighted by Crippen LogP contribution is 2.31. The van der Waals surface area contributed by atoms with Gasteiger partial charge in [0.05, 0.1) is 17.2 Å². The number of nitrogens with zero attached hydrogens (tertiary/aromatic N) is 1. The van der Waals surface area contributed by atoms with Gasteiger partial charge in [0, 0.05) is 6.54 Å². The second-order valence-electron chi connectivity index (χ2n) is 5.29. The van der Waals surface area contributed by atoms with Gasteiger partial charge in [0.15, 0.2) is 0 Å². The van der Waals surface area contributed by atoms with E-state index in [1.54, 1.807) is 0 Å². The molecule has 0 aliphatic carbocycles. The fourth-order valence-corrected chi connectivity index (χ4v) is 2.98. The van der Waals surface area contributed by atoms with E-state index in [1.165, 1.54) is 29.5 Å². The highest BCUT2D eigenvalue weighted by molar-refractivity contribution is 7.07. The first kappa shape index (κ1) is 17.5. The molecule has 124 valence electrons. The third kappa shape index (κ3) is 4.33. The Labute approximate surface area is 136 Å². The first-order chi connectivity index (χ1) is 10.8. The monoisotopic (exact) mass is 342 g/mol. The zero-order valence-corrected chi connectivity index (χ0v) is 13.5. The quantitative estimate of drug-likeness (QED) is 0.896. The first-order valence-electron chi connectivity index (χ1n) is 6.93. The van der Waals surface area contributed by atoms with E-state index in [0.717, 1.165) is 11.6 Å². The molecule has 0 spiro atoms. The summed E-state index contributed by atoms with van der Waals surface area (Å²) in [6.45, 7) is 0.231. The van der Waals surface area contributed by atoms with Crippen LogP contribution in [-0.2, 0) is 6.18 Å². The molecule has 2 rings (SSSR count). The summed E-state index contributed by atoms with van der Waals surface area (Å²) in [5, 5.41) is 6.49. The minimum atomic E-state index is -4.55. The number of carbonyl (C=O) groups is 1. The van der Waals surface area contributed by atoms with Crippen molar-refractivity contribution < 1.29 is 18.0 Å². The van der Waals surface area contributed by atoms with Crippen molar-refractivity contribution in [3.8, 4) is 0 Å². The van der Waals surface area contributed by atoms with Gasteiger partial charge in [-0.05, 0) is 48.6 Å². The second-order valence-corrected chi connectivity index (χ2v) is 6.07. The predicted molar refractivity (Wildman–Crippen MR) is 84.5 cm³/mol. The lowest BCUT2D eigenvalue weighted by Crippen LogP contribution is -2.35. The van der Waals surface area contributed by atoms with E-state index in [-0.39, 0.29) is 18.2 Å². The lowest BCUT2D eigenvalue weighted by molar-refractivity contribution is -0.137. The summed E-state index contributed by atoms with van der Waals surface area (Å²) in [6, 6.07) is 6.64. The van der Waals surface area contributed by atoms with E-state index in [4.69, 9.17) is 0 Å². The molecule has 1 heterocycles. The summed E-state index contributed by atoms with van der Waals surface area (Å²) in [6.07, 6.45) is -4.55. The van der Waals surface area contributed by atoms with Crippen molar-refractivity contribution in [3.63, 3.8) is 0 Å². The van der Waals surface area contributed by atoms with Gasteiger partial charge in [-0.25, -0.2) is 0 Å². The van der Waals surface area contributed by atoms with Crippen LogP contribution in [0.1, 0.15) is 27.5 Å². The van der Waals surface area contributed by atoms with Gasteiger partial charge in [-0.1, -0.05) is 12.1 Å². The number of hydrogen-bond donors (Lipinski definition) is 1. The molecule has 0 radical (unpaired) electrons. The van der Waals surface area contributed by atoms with Crippen LogP contribution in [0.25, 0.3) is 0 Å². The zero-order chi connectivity index (χ0) is 17.0. The van der Waals surface area contributed by atoms with Gasteiger partial charge in [0.1, 0.15) is 0 Å². The van der Waals surface area contributed by atoms with E-state index in [0.29, 0.717) is 0 Å². The Kier molecular flexibility index (Phi) is 5.43. The van der Waals surface area contributed by atoms with Crippen LogP contribution in [0.4, 0.5) is 13.2 Å². The summed E-state index contributed by atoms with van der Waals surface area (Å²) < 4.78 is 38.9. The van der Waals surface area contributed by atoms with Crippen molar-refractivity contribution in [1.29, 1.82) is 0 Å². The Balaban J connectivity index is 2.14. The van der Waals surface area contributed by atoms with Crippen molar-refractivity contribution in [2.45, 2.75) is 12.2 Å². The number of amides is 1. The van der Waals surface area contributed by atoms with Crippen molar-refractivity contribution in [2.75, 3.05) is 20.6 Å². The van der Waals surface area contributed by atoms with Gasteiger partial charge < -0.3 is 10.2 Å². The van der Waals surface area contributed by atoms with Gasteiger partial charge in [0.25, 0.3) is 5.91 Å². The fourth-order valence-electron chi connectivity index (χ4n) is 2.28. The molecule has 0 aliphatic heterocycles. The van der Waals surface area contributed by atoms with Crippen LogP contribution in [-0.4, -0.2) is 31.4 Å². The van der Waals surface area contributed by atoms with Gasteiger partial charge >= 0.3 is 6.18 Å². The topological polar surface area (TPSA) is 32.3 Å². The predicted octanol–water partition coefficient (Wildman–Crippen LogP) is 3.80. The summed E-state index contributed by atoms with van der Waals surface area (Å²) in [5.41, 5.74) is -0.262. The maximum atomic E-state index is 13.0. The first-order valence-corrected chi connectivity index (χ1v) is 7.88. The number of hydrogen-bond acceptors (Lipinski definition) is 3. The van der Waals surface area contributed by atoms with Crippen LogP contribution in [0, 0.1) is 0 Å². The molecule has 2 aromatic rings. The molecule has 23 heavy (non-hydrogen) atoms. The fraction of sp³-hybridized carbons (Fsp3) is 0.312. The summed E-state index contributed by atoms with van der Waals surface area (Å²) in [5.74, 6) is -0.722. The number of rotatable bonds is 5. The van der Waals surface area contributed by atoms with E-state index < -0.39 is 17.6 Å². The lowest BCUT2D eigenvalue weighted by atomic mass is 10.1. The standard InChI is InChI=1S/C16H17F3N2OS/c1-21(2)14(11-7-8-23-10-11)9-20-15(22)12-5-3-4-6-13(12)16(17,18)19/h3-8,10,14H,9H2,1-2H3,(H,20,22)/t14-/m1/s1. The molecule has 1 aromatic heterocycles. The number of thiophene rings is 1. The smallest absolute Gasteiger partial charge is 0.350 e. The summed E-state index contributed by atoms with van der Waals surface area (Å²) in [7, 11) is 3.72. The molecule has 0 unspecified atom stereocenters. The normalized spacial score (nSPS) is 13.1. The third-order valence-electron chi connectivity index (χ3n) is 3.48. The largest absolute Gasteiger partial charge is 0.417 e. The van der Waals surface area contributed by atoms with Crippen molar-refractivity contribution in [3.05, 3.63) is 57.8 Å². The van der Waals surface area contributed by atoms with Crippen LogP contribution in [0.15, 0.2) is 41.1 Å². The van der Waals surface area contributed by atoms with Crippen LogP contribution in [0.2, 0.25) is 0 Å². The molecule has 1 aromatic carbocycles. The average molecular weight is 342 g/mol. The van der Waals surface area contributed by atoms with Crippen molar-refractivity contribution >= 4 is 17.2 Å². The zero-order valence-electron chi connectivity index (χ0n) is 12.7. The van der Waals surface area contributed by atoms with Crippen molar-refractivity contribution in [1.82, 2.24) is 10.2 Å². The van der Waals surface area contributed by atoms with Crippen LogP contribution >= 0.6 is 11.3 Å². The highest BCUT2D eigenvalue weighted by Gasteiger charge is 2.34. The number of benzene rings is 1. The molecule has 0 aliphatic rings. The molecular formula is C16H17F3N2OS. The molecule has 0 saturated heterocycles. The minimum Gasteiger partial charge on any atom is -0.350 e. The maximum Gasteiger partial charge on any atom is 0.417 e. The SMILES string of the molecule is CN(C)[C@H](CNC(=O)c1ccccc1C(F)(F)F)c1ccsc1. The van der Waals surface area contributed by atoms with E-state index in [2.05, 4.69) is 5.32 Å². The molecule has 0 fully saturated rings. The molecule has 1 N–H and O–H groups in total. The van der Waals surface area contributed by atoms with Gasteiger partial charge in [-0.3, -0.25) is 4.79 Å². The average Bonchev–Trinajstić information content (AvgIpc) is 3.00. The van der Waals surface area contributed by atoms with E-state index in [9.17, 15) is 18.0 Å². The molecule has 0 bridgehead atoms. The van der Waals surface area contributed by atoms with Crippen LogP contribution in [0.5, 0.6) is 0 Å². The Morgan fingerprint density at radius 3 is 2.52 bits per heavy atom. The summed E-state index contributed by atoms with van der Waals surface area (Å²) in [4.78, 5) is 14.1. The minimum absolute atomic E-state index is 0.0942. The number of nitrogens with one attached hydrogen (secondary N) is 1. The maximum absolute atomic E-state index is 13.0. The van der Waals surface area contributed by atoms with Gasteiger partial charge in [0.2, 0.25) is 0 Å². The number of carbonyl (C=O) groups excluding carboxylic acids is 1. The molecule has 1 amide bonds.